The van der Waals surface area contributed by atoms with Gasteiger partial charge < -0.3 is 14.8 Å². The third-order valence-corrected chi connectivity index (χ3v) is 6.06. The molecule has 0 saturated carbocycles. The molecule has 1 N–H and O–H groups in total. The summed E-state index contributed by atoms with van der Waals surface area (Å²) in [5, 5.41) is 2.37. The standard InChI is InChI=1S/C23H19IN2O5S/c1-4-9-26-22(28)19(32-23(26)29)12-15-10-17(24)21(18(11-15)30-3)31-13-20(27)25-16-7-5-14(2)6-8-16/h1,5-8,10-12H,9,13H2,2-3H3,(H,25,27)/b19-12+. The largest absolute Gasteiger partial charge is 0.493 e. The van der Waals surface area contributed by atoms with Gasteiger partial charge in [0.05, 0.1) is 22.1 Å². The molecular formula is C23H19IN2O5S. The smallest absolute Gasteiger partial charge is 0.294 e. The molecule has 0 bridgehead atoms. The van der Waals surface area contributed by atoms with Crippen LogP contribution in [0.2, 0.25) is 0 Å². The number of benzene rings is 2. The van der Waals surface area contributed by atoms with Crippen LogP contribution in [0.4, 0.5) is 10.5 Å². The molecule has 0 aromatic heterocycles. The van der Waals surface area contributed by atoms with E-state index in [4.69, 9.17) is 15.9 Å². The van der Waals surface area contributed by atoms with E-state index in [2.05, 4.69) is 33.8 Å². The molecular weight excluding hydrogens is 543 g/mol. The van der Waals surface area contributed by atoms with Gasteiger partial charge in [0.1, 0.15) is 0 Å². The van der Waals surface area contributed by atoms with Crippen LogP contribution in [0.3, 0.4) is 0 Å². The van der Waals surface area contributed by atoms with Gasteiger partial charge >= 0.3 is 0 Å². The van der Waals surface area contributed by atoms with Gasteiger partial charge in [-0.3, -0.25) is 19.3 Å². The van der Waals surface area contributed by atoms with E-state index in [1.807, 2.05) is 31.2 Å². The first-order valence-corrected chi connectivity index (χ1v) is 11.3. The maximum Gasteiger partial charge on any atom is 0.294 e. The molecule has 0 unspecified atom stereocenters. The second-order valence-electron chi connectivity index (χ2n) is 6.71. The number of terminal acetylenes is 1. The number of ether oxygens (including phenoxy) is 2. The Kier molecular flexibility index (Phi) is 7.82. The lowest BCUT2D eigenvalue weighted by molar-refractivity contribution is -0.122. The zero-order valence-corrected chi connectivity index (χ0v) is 20.3. The molecule has 0 radical (unpaired) electrons. The van der Waals surface area contributed by atoms with Crippen molar-refractivity contribution in [1.82, 2.24) is 4.90 Å². The summed E-state index contributed by atoms with van der Waals surface area (Å²) in [4.78, 5) is 37.9. The molecule has 1 aliphatic rings. The molecule has 164 valence electrons. The Morgan fingerprint density at radius 2 is 2.00 bits per heavy atom. The van der Waals surface area contributed by atoms with Crippen molar-refractivity contribution in [2.45, 2.75) is 6.92 Å². The van der Waals surface area contributed by atoms with E-state index >= 15 is 0 Å². The third kappa shape index (κ3) is 5.63. The summed E-state index contributed by atoms with van der Waals surface area (Å²) in [7, 11) is 1.48. The summed E-state index contributed by atoms with van der Waals surface area (Å²) < 4.78 is 11.8. The van der Waals surface area contributed by atoms with Gasteiger partial charge in [-0.15, -0.1) is 6.42 Å². The molecule has 2 aromatic rings. The molecule has 3 amide bonds. The topological polar surface area (TPSA) is 84.9 Å². The first-order valence-electron chi connectivity index (χ1n) is 9.38. The highest BCUT2D eigenvalue weighted by Gasteiger charge is 2.34. The van der Waals surface area contributed by atoms with Crippen LogP contribution in [0.1, 0.15) is 11.1 Å². The van der Waals surface area contributed by atoms with E-state index < -0.39 is 11.1 Å². The van der Waals surface area contributed by atoms with Gasteiger partial charge in [0.25, 0.3) is 17.1 Å². The minimum atomic E-state index is -0.431. The zero-order valence-electron chi connectivity index (χ0n) is 17.3. The number of hydrogen-bond acceptors (Lipinski definition) is 6. The van der Waals surface area contributed by atoms with Gasteiger partial charge in [-0.2, -0.15) is 0 Å². The Balaban J connectivity index is 1.73. The number of carbonyl (C=O) groups excluding carboxylic acids is 3. The van der Waals surface area contributed by atoms with Crippen molar-refractivity contribution in [3.63, 3.8) is 0 Å². The minimum Gasteiger partial charge on any atom is -0.493 e. The normalized spacial score (nSPS) is 14.4. The number of nitrogens with one attached hydrogen (secondary N) is 1. The number of hydrogen-bond donors (Lipinski definition) is 1. The molecule has 1 saturated heterocycles. The van der Waals surface area contributed by atoms with E-state index in [1.165, 1.54) is 7.11 Å². The lowest BCUT2D eigenvalue weighted by Gasteiger charge is -2.14. The summed E-state index contributed by atoms with van der Waals surface area (Å²) in [6.45, 7) is 1.69. The average molecular weight is 562 g/mol. The number of halogens is 1. The summed E-state index contributed by atoms with van der Waals surface area (Å²) >= 11 is 2.89. The Hall–Kier alpha value is -2.97. The van der Waals surface area contributed by atoms with Gasteiger partial charge in [-0.05, 0) is 77.2 Å². The number of carbonyl (C=O) groups is 3. The molecule has 7 nitrogen and oxygen atoms in total. The van der Waals surface area contributed by atoms with E-state index in [1.54, 1.807) is 18.2 Å². The maximum atomic E-state index is 12.4. The molecule has 3 rings (SSSR count). The molecule has 0 spiro atoms. The van der Waals surface area contributed by atoms with Crippen molar-refractivity contribution in [2.24, 2.45) is 0 Å². The van der Waals surface area contributed by atoms with Crippen LogP contribution >= 0.6 is 34.4 Å². The van der Waals surface area contributed by atoms with E-state index in [0.29, 0.717) is 26.3 Å². The van der Waals surface area contributed by atoms with Crippen LogP contribution in [0.5, 0.6) is 11.5 Å². The van der Waals surface area contributed by atoms with Gasteiger partial charge in [-0.1, -0.05) is 23.6 Å². The molecule has 32 heavy (non-hydrogen) atoms. The fraction of sp³-hybridized carbons (Fsp3) is 0.174. The van der Waals surface area contributed by atoms with Crippen molar-refractivity contribution in [1.29, 1.82) is 0 Å². The Morgan fingerprint density at radius 1 is 1.28 bits per heavy atom. The summed E-state index contributed by atoms with van der Waals surface area (Å²) in [5.41, 5.74) is 2.42. The van der Waals surface area contributed by atoms with Crippen LogP contribution in [-0.4, -0.2) is 42.2 Å². The third-order valence-electron chi connectivity index (χ3n) is 4.36. The lowest BCUT2D eigenvalue weighted by atomic mass is 10.2. The van der Waals surface area contributed by atoms with E-state index in [0.717, 1.165) is 22.2 Å². The second kappa shape index (κ2) is 10.6. The molecule has 9 heteroatoms. The van der Waals surface area contributed by atoms with Crippen molar-refractivity contribution < 1.29 is 23.9 Å². The fourth-order valence-corrected chi connectivity index (χ4v) is 4.43. The van der Waals surface area contributed by atoms with Gasteiger partial charge in [0.15, 0.2) is 18.1 Å². The molecule has 1 heterocycles. The maximum absolute atomic E-state index is 12.4. The number of rotatable bonds is 7. The van der Waals surface area contributed by atoms with Crippen molar-refractivity contribution in [3.05, 3.63) is 56.0 Å². The summed E-state index contributed by atoms with van der Waals surface area (Å²) in [5.74, 6) is 2.37. The second-order valence-corrected chi connectivity index (χ2v) is 8.86. The average Bonchev–Trinajstić information content (AvgIpc) is 3.02. The first kappa shape index (κ1) is 23.7. The zero-order chi connectivity index (χ0) is 23.3. The van der Waals surface area contributed by atoms with Gasteiger partial charge in [-0.25, -0.2) is 0 Å². The monoisotopic (exact) mass is 562 g/mol. The predicted octanol–water partition coefficient (Wildman–Crippen LogP) is 4.30. The highest BCUT2D eigenvalue weighted by atomic mass is 127. The molecule has 0 atom stereocenters. The van der Waals surface area contributed by atoms with E-state index in [-0.39, 0.29) is 24.0 Å². The van der Waals surface area contributed by atoms with Crippen LogP contribution < -0.4 is 14.8 Å². The molecule has 1 aliphatic heterocycles. The number of amides is 3. The number of thioether (sulfide) groups is 1. The van der Waals surface area contributed by atoms with Gasteiger partial charge in [0, 0.05) is 5.69 Å². The van der Waals surface area contributed by atoms with Crippen molar-refractivity contribution in [2.75, 3.05) is 25.6 Å². The molecule has 2 aromatic carbocycles. The number of anilines is 1. The van der Waals surface area contributed by atoms with E-state index in [9.17, 15) is 14.4 Å². The number of nitrogens with zero attached hydrogens (tertiary/aromatic N) is 1. The Morgan fingerprint density at radius 3 is 2.66 bits per heavy atom. The lowest BCUT2D eigenvalue weighted by Crippen LogP contribution is -2.28. The SMILES string of the molecule is C#CCN1C(=O)S/C(=C/c2cc(I)c(OCC(=O)Nc3ccc(C)cc3)c(OC)c2)C1=O. The summed E-state index contributed by atoms with van der Waals surface area (Å²) in [6, 6.07) is 10.9. The Bertz CT molecular complexity index is 1140. The Labute approximate surface area is 203 Å². The van der Waals surface area contributed by atoms with Crippen LogP contribution in [0.15, 0.2) is 41.3 Å². The summed E-state index contributed by atoms with van der Waals surface area (Å²) in [6.07, 6.45) is 6.82. The first-order chi connectivity index (χ1) is 15.3. The molecule has 1 fully saturated rings. The highest BCUT2D eigenvalue weighted by molar-refractivity contribution is 14.1. The van der Waals surface area contributed by atoms with Crippen molar-refractivity contribution >= 4 is 63.2 Å². The van der Waals surface area contributed by atoms with Crippen LogP contribution in [-0.2, 0) is 9.59 Å². The highest BCUT2D eigenvalue weighted by Crippen LogP contribution is 2.37. The number of methoxy groups -OCH3 is 1. The predicted molar refractivity (Wildman–Crippen MR) is 133 cm³/mol. The number of aryl methyl sites for hydroxylation is 1. The van der Waals surface area contributed by atoms with Crippen LogP contribution in [0, 0.1) is 22.8 Å². The quantitative estimate of drug-likeness (QED) is 0.308. The minimum absolute atomic E-state index is 0.0692. The molecule has 0 aliphatic carbocycles. The van der Waals surface area contributed by atoms with Crippen molar-refractivity contribution in [3.8, 4) is 23.8 Å². The van der Waals surface area contributed by atoms with Crippen LogP contribution in [0.25, 0.3) is 6.08 Å². The fourth-order valence-electron chi connectivity index (χ4n) is 2.81. The van der Waals surface area contributed by atoms with Gasteiger partial charge in [0.2, 0.25) is 0 Å². The number of imide groups is 1.